The van der Waals surface area contributed by atoms with Crippen LogP contribution in [0.1, 0.15) is 59.6 Å². The van der Waals surface area contributed by atoms with Gasteiger partial charge in [0.1, 0.15) is 24.1 Å². The predicted molar refractivity (Wildman–Crippen MR) is 190 cm³/mol. The van der Waals surface area contributed by atoms with Crippen molar-refractivity contribution < 1.29 is 44.1 Å². The first-order valence-corrected chi connectivity index (χ1v) is 17.8. The molecule has 0 aliphatic heterocycles. The van der Waals surface area contributed by atoms with Crippen LogP contribution in [0.5, 0.6) is 28.7 Å². The van der Waals surface area contributed by atoms with Crippen molar-refractivity contribution in [3.05, 3.63) is 94.0 Å². The summed E-state index contributed by atoms with van der Waals surface area (Å²) in [4.78, 5) is 0. The molecule has 0 saturated carbocycles. The molecule has 0 aliphatic carbocycles. The second-order valence-corrected chi connectivity index (χ2v) is 14.9. The van der Waals surface area contributed by atoms with Gasteiger partial charge in [0, 0.05) is 22.8 Å². The molecule has 2 atom stereocenters. The van der Waals surface area contributed by atoms with Crippen LogP contribution in [0.15, 0.2) is 60.7 Å². The first-order chi connectivity index (χ1) is 23.2. The van der Waals surface area contributed by atoms with Gasteiger partial charge in [-0.2, -0.15) is 0 Å². The smallest absolute Gasteiger partial charge is 0.188 e. The summed E-state index contributed by atoms with van der Waals surface area (Å²) in [7, 11) is 4.48. The Hall–Kier alpha value is -3.85. The largest absolute Gasteiger partial charge is 0.497 e. The van der Waals surface area contributed by atoms with Crippen molar-refractivity contribution in [1.29, 1.82) is 0 Å². The molecule has 0 amide bonds. The number of aliphatic hydroxyl groups excluding tert-OH is 4. The van der Waals surface area contributed by atoms with Crippen molar-refractivity contribution in [3.8, 4) is 28.7 Å². The zero-order valence-electron chi connectivity index (χ0n) is 28.9. The lowest BCUT2D eigenvalue weighted by atomic mass is 9.98. The molecule has 0 spiro atoms. The van der Waals surface area contributed by atoms with E-state index in [2.05, 4.69) is 38.1 Å². The minimum Gasteiger partial charge on any atom is -0.497 e. The molecule has 4 aromatic rings. The van der Waals surface area contributed by atoms with Gasteiger partial charge in [0.05, 0.1) is 68.1 Å². The van der Waals surface area contributed by atoms with E-state index < -0.39 is 7.26 Å². The van der Waals surface area contributed by atoms with Gasteiger partial charge < -0.3 is 44.1 Å². The molecule has 0 aliphatic rings. The number of hydrogen-bond acceptors (Lipinski definition) is 9. The highest BCUT2D eigenvalue weighted by Crippen LogP contribution is 2.65. The molecule has 48 heavy (non-hydrogen) atoms. The van der Waals surface area contributed by atoms with Gasteiger partial charge in [-0.15, -0.1) is 0 Å². The van der Waals surface area contributed by atoms with E-state index in [9.17, 15) is 20.4 Å². The highest BCUT2D eigenvalue weighted by atomic mass is 31.2. The Kier molecular flexibility index (Phi) is 12.7. The van der Waals surface area contributed by atoms with E-state index in [1.165, 1.54) is 12.7 Å². The molecule has 4 rings (SSSR count). The van der Waals surface area contributed by atoms with Gasteiger partial charge in [-0.25, -0.2) is 0 Å². The molecule has 0 fully saturated rings. The highest BCUT2D eigenvalue weighted by molar-refractivity contribution is 7.95. The molecule has 9 nitrogen and oxygen atoms in total. The predicted octanol–water partition coefficient (Wildman–Crippen LogP) is 4.71. The van der Waals surface area contributed by atoms with E-state index in [0.29, 0.717) is 79.0 Å². The maximum atomic E-state index is 11.1. The fourth-order valence-corrected chi connectivity index (χ4v) is 11.9. The quantitative estimate of drug-likeness (QED) is 0.125. The Balaban J connectivity index is 2.37. The Bertz CT molecular complexity index is 1460. The molecule has 10 heteroatoms. The van der Waals surface area contributed by atoms with Crippen LogP contribution in [-0.2, 0) is 32.6 Å². The van der Waals surface area contributed by atoms with Crippen molar-refractivity contribution in [1.82, 2.24) is 0 Å². The van der Waals surface area contributed by atoms with E-state index >= 15 is 0 Å². The van der Waals surface area contributed by atoms with E-state index in [-0.39, 0.29) is 26.4 Å². The molecule has 4 aromatic carbocycles. The van der Waals surface area contributed by atoms with Gasteiger partial charge in [-0.1, -0.05) is 38.1 Å². The third kappa shape index (κ3) is 6.98. The Labute approximate surface area is 284 Å². The lowest BCUT2D eigenvalue weighted by Crippen LogP contribution is -2.40. The van der Waals surface area contributed by atoms with Crippen LogP contribution in [0.25, 0.3) is 0 Å². The number of rotatable bonds is 16. The van der Waals surface area contributed by atoms with Crippen LogP contribution < -0.4 is 39.6 Å². The summed E-state index contributed by atoms with van der Waals surface area (Å²) in [5, 5.41) is 45.4. The third-order valence-electron chi connectivity index (χ3n) is 9.02. The SMILES string of the molecule is CCC(C)c1ccc(C[P+](c2c(CO)cc(OC)cc2CO)(c2c(CO)cc(OC)cc2OC)c2c(OC)cc(CO)cc2OC)cc1. The summed E-state index contributed by atoms with van der Waals surface area (Å²) in [5.41, 5.74) is 4.35. The van der Waals surface area contributed by atoms with Gasteiger partial charge in [0.2, 0.25) is 0 Å². The van der Waals surface area contributed by atoms with Crippen LogP contribution in [-0.4, -0.2) is 56.0 Å². The number of methoxy groups -OCH3 is 5. The molecule has 2 unspecified atom stereocenters. The topological polar surface area (TPSA) is 127 Å². The zero-order valence-corrected chi connectivity index (χ0v) is 29.8. The fourth-order valence-electron chi connectivity index (χ4n) is 6.49. The van der Waals surface area contributed by atoms with E-state index in [0.717, 1.165) is 12.0 Å². The summed E-state index contributed by atoms with van der Waals surface area (Å²) < 4.78 is 29.6. The summed E-state index contributed by atoms with van der Waals surface area (Å²) in [6, 6.07) is 19.1. The summed E-state index contributed by atoms with van der Waals surface area (Å²) >= 11 is 0. The Morgan fingerprint density at radius 3 is 1.42 bits per heavy atom. The highest BCUT2D eigenvalue weighted by Gasteiger charge is 2.56. The first-order valence-electron chi connectivity index (χ1n) is 15.8. The molecule has 0 heterocycles. The number of benzene rings is 4. The van der Waals surface area contributed by atoms with E-state index in [4.69, 9.17) is 23.7 Å². The molecular formula is C38H48O9P+. The number of aliphatic hydroxyl groups is 4. The maximum Gasteiger partial charge on any atom is 0.188 e. The molecule has 0 aromatic heterocycles. The van der Waals surface area contributed by atoms with Gasteiger partial charge in [-0.05, 0) is 59.4 Å². The molecule has 0 bridgehead atoms. The monoisotopic (exact) mass is 679 g/mol. The second kappa shape index (κ2) is 16.5. The van der Waals surface area contributed by atoms with Gasteiger partial charge in [0.25, 0.3) is 0 Å². The van der Waals surface area contributed by atoms with Crippen molar-refractivity contribution in [2.45, 2.75) is 58.8 Å². The fraction of sp³-hybridized carbons (Fsp3) is 0.368. The lowest BCUT2D eigenvalue weighted by molar-refractivity contribution is 0.276. The maximum absolute atomic E-state index is 11.1. The molecule has 0 radical (unpaired) electrons. The first kappa shape index (κ1) is 37.0. The third-order valence-corrected chi connectivity index (χ3v) is 13.7. The van der Waals surface area contributed by atoms with Gasteiger partial charge in [0.15, 0.2) is 27.9 Å². The number of hydrogen-bond donors (Lipinski definition) is 4. The van der Waals surface area contributed by atoms with Gasteiger partial charge in [-0.3, -0.25) is 0 Å². The number of ether oxygens (including phenoxy) is 5. The van der Waals surface area contributed by atoms with Gasteiger partial charge >= 0.3 is 0 Å². The molecule has 0 saturated heterocycles. The van der Waals surface area contributed by atoms with Crippen LogP contribution >= 0.6 is 7.26 Å². The van der Waals surface area contributed by atoms with Crippen LogP contribution in [0.2, 0.25) is 0 Å². The zero-order chi connectivity index (χ0) is 35.0. The van der Waals surface area contributed by atoms with E-state index in [1.54, 1.807) is 64.8 Å². The molecule has 258 valence electrons. The van der Waals surface area contributed by atoms with Crippen molar-refractivity contribution in [3.63, 3.8) is 0 Å². The van der Waals surface area contributed by atoms with Crippen molar-refractivity contribution >= 4 is 23.2 Å². The minimum atomic E-state index is -3.28. The molecular weight excluding hydrogens is 631 g/mol. The second-order valence-electron chi connectivity index (χ2n) is 11.6. The summed E-state index contributed by atoms with van der Waals surface area (Å²) in [6.07, 6.45) is 1.36. The van der Waals surface area contributed by atoms with E-state index in [1.807, 2.05) is 0 Å². The average Bonchev–Trinajstić information content (AvgIpc) is 3.15. The average molecular weight is 680 g/mol. The van der Waals surface area contributed by atoms with Crippen LogP contribution in [0, 0.1) is 0 Å². The van der Waals surface area contributed by atoms with Crippen LogP contribution in [0.4, 0.5) is 0 Å². The Morgan fingerprint density at radius 1 is 0.542 bits per heavy atom. The Morgan fingerprint density at radius 2 is 1.00 bits per heavy atom. The minimum absolute atomic E-state index is 0.254. The summed E-state index contributed by atoms with van der Waals surface area (Å²) in [6.45, 7) is 2.98. The standard InChI is InChI=1S/C38H48O9P/c1-8-24(2)27-11-9-25(10-12-27)23-48(36-28(20-40)15-31(43-3)16-29(36)21-41,37-30(22-42)17-32(44-4)18-35(37)47-7)38-33(45-5)13-26(19-39)14-34(38)46-6/h9-18,24,39-42H,8,19-23H2,1-7H3/q+1. The lowest BCUT2D eigenvalue weighted by Gasteiger charge is -2.34. The summed E-state index contributed by atoms with van der Waals surface area (Å²) in [5.74, 6) is 2.66. The molecule has 4 N–H and O–H groups in total. The van der Waals surface area contributed by atoms with Crippen molar-refractivity contribution in [2.75, 3.05) is 35.5 Å². The normalized spacial score (nSPS) is 13.1. The van der Waals surface area contributed by atoms with Crippen molar-refractivity contribution in [2.24, 2.45) is 0 Å². The van der Waals surface area contributed by atoms with Crippen LogP contribution in [0.3, 0.4) is 0 Å².